The first-order chi connectivity index (χ1) is 13.1. The van der Waals surface area contributed by atoms with Gasteiger partial charge in [-0.1, -0.05) is 26.7 Å². The fourth-order valence-electron chi connectivity index (χ4n) is 8.77. The second-order valence-electron chi connectivity index (χ2n) is 12.5. The Morgan fingerprint density at radius 1 is 0.857 bits per heavy atom. The molecule has 4 rings (SSSR count). The Morgan fingerprint density at radius 2 is 1.57 bits per heavy atom. The van der Waals surface area contributed by atoms with Crippen LogP contribution in [0.2, 0.25) is 0 Å². The van der Waals surface area contributed by atoms with Crippen molar-refractivity contribution in [2.75, 3.05) is 0 Å². The summed E-state index contributed by atoms with van der Waals surface area (Å²) in [5, 5.41) is 20.2. The average Bonchev–Trinajstić information content (AvgIpc) is 2.95. The second kappa shape index (κ2) is 7.56. The summed E-state index contributed by atoms with van der Waals surface area (Å²) >= 11 is 0. The highest BCUT2D eigenvalue weighted by molar-refractivity contribution is 5.09. The molecule has 4 aliphatic carbocycles. The maximum Gasteiger partial charge on any atom is 0.0591 e. The van der Waals surface area contributed by atoms with Crippen molar-refractivity contribution in [3.05, 3.63) is 0 Å². The molecule has 0 radical (unpaired) electrons. The number of aliphatic hydroxyl groups is 2. The molecular weight excluding hydrogens is 344 g/mol. The first kappa shape index (κ1) is 21.2. The standard InChI is InChI=1S/C26H46O2/c1-24(2,28)14-6-5-7-18-9-11-22-21-10-8-19-17-20(27)12-15-26(19,4)23(21)13-16-25(18,22)3/h18-23,27-28H,5-17H2,1-4H3/t18?,19-,20?,21?,22?,23?,25?,26?/m0/s1. The zero-order valence-electron chi connectivity index (χ0n) is 19.1. The zero-order valence-corrected chi connectivity index (χ0v) is 19.1. The summed E-state index contributed by atoms with van der Waals surface area (Å²) in [7, 11) is 0. The SMILES string of the molecule is CC(C)(O)CCCCC1CCC2C3CC[C@H]4CC(O)CCC4(C)C3CCC12C. The van der Waals surface area contributed by atoms with Gasteiger partial charge in [-0.2, -0.15) is 0 Å². The summed E-state index contributed by atoms with van der Waals surface area (Å²) in [5.41, 5.74) is 0.587. The fraction of sp³-hybridized carbons (Fsp3) is 1.00. The van der Waals surface area contributed by atoms with E-state index in [0.717, 1.165) is 48.9 Å². The van der Waals surface area contributed by atoms with Crippen molar-refractivity contribution < 1.29 is 10.2 Å². The minimum absolute atomic E-state index is 0.0248. The molecular formula is C26H46O2. The van der Waals surface area contributed by atoms with Crippen LogP contribution in [0.4, 0.5) is 0 Å². The number of hydrogen-bond donors (Lipinski definition) is 2. The number of unbranched alkanes of at least 4 members (excludes halogenated alkanes) is 1. The number of aliphatic hydroxyl groups excluding tert-OH is 1. The van der Waals surface area contributed by atoms with E-state index in [2.05, 4.69) is 13.8 Å². The Labute approximate surface area is 173 Å². The largest absolute Gasteiger partial charge is 0.393 e. The van der Waals surface area contributed by atoms with Gasteiger partial charge in [0.1, 0.15) is 0 Å². The van der Waals surface area contributed by atoms with E-state index < -0.39 is 5.60 Å². The lowest BCUT2D eigenvalue weighted by molar-refractivity contribution is -0.127. The van der Waals surface area contributed by atoms with Crippen LogP contribution in [0.1, 0.15) is 111 Å². The van der Waals surface area contributed by atoms with E-state index in [1.807, 2.05) is 13.8 Å². The van der Waals surface area contributed by atoms with E-state index in [1.165, 1.54) is 64.2 Å². The van der Waals surface area contributed by atoms with Crippen LogP contribution in [0.5, 0.6) is 0 Å². The van der Waals surface area contributed by atoms with Crippen LogP contribution in [0.15, 0.2) is 0 Å². The van der Waals surface area contributed by atoms with Gasteiger partial charge in [-0.3, -0.25) is 0 Å². The molecule has 2 N–H and O–H groups in total. The molecule has 0 aromatic rings. The van der Waals surface area contributed by atoms with Crippen LogP contribution in [-0.4, -0.2) is 21.9 Å². The minimum atomic E-state index is -0.498. The number of fused-ring (bicyclic) bond motifs is 5. The third kappa shape index (κ3) is 3.70. The molecule has 2 nitrogen and oxygen atoms in total. The molecule has 4 fully saturated rings. The van der Waals surface area contributed by atoms with Gasteiger partial charge < -0.3 is 10.2 Å². The van der Waals surface area contributed by atoms with Gasteiger partial charge in [0.25, 0.3) is 0 Å². The number of hydrogen-bond acceptors (Lipinski definition) is 2. The fourth-order valence-corrected chi connectivity index (χ4v) is 8.77. The molecule has 4 aliphatic rings. The highest BCUT2D eigenvalue weighted by Gasteiger charge is 2.59. The van der Waals surface area contributed by atoms with Crippen molar-refractivity contribution in [3.63, 3.8) is 0 Å². The molecule has 28 heavy (non-hydrogen) atoms. The number of rotatable bonds is 5. The molecule has 0 heterocycles. The lowest BCUT2D eigenvalue weighted by Gasteiger charge is -2.61. The Kier molecular flexibility index (Phi) is 5.71. The van der Waals surface area contributed by atoms with Gasteiger partial charge in [0.2, 0.25) is 0 Å². The Hall–Kier alpha value is -0.0800. The predicted octanol–water partition coefficient (Wildman–Crippen LogP) is 6.34. The van der Waals surface area contributed by atoms with Crippen LogP contribution in [0.25, 0.3) is 0 Å². The molecule has 4 saturated carbocycles. The Bertz CT molecular complexity index is 551. The summed E-state index contributed by atoms with van der Waals surface area (Å²) in [6, 6.07) is 0. The van der Waals surface area contributed by atoms with Crippen molar-refractivity contribution in [1.82, 2.24) is 0 Å². The first-order valence-electron chi connectivity index (χ1n) is 12.5. The normalized spacial score (nSPS) is 48.6. The zero-order chi connectivity index (χ0) is 20.2. The molecule has 162 valence electrons. The molecule has 0 saturated heterocycles. The van der Waals surface area contributed by atoms with E-state index in [1.54, 1.807) is 0 Å². The molecule has 0 aliphatic heterocycles. The van der Waals surface area contributed by atoms with Crippen molar-refractivity contribution >= 4 is 0 Å². The van der Waals surface area contributed by atoms with Crippen molar-refractivity contribution in [3.8, 4) is 0 Å². The Balaban J connectivity index is 1.41. The van der Waals surface area contributed by atoms with E-state index in [0.29, 0.717) is 10.8 Å². The molecule has 2 heteroatoms. The molecule has 0 spiro atoms. The van der Waals surface area contributed by atoms with Crippen LogP contribution in [-0.2, 0) is 0 Å². The quantitative estimate of drug-likeness (QED) is 0.538. The van der Waals surface area contributed by atoms with Crippen LogP contribution >= 0.6 is 0 Å². The topological polar surface area (TPSA) is 40.5 Å². The summed E-state index contributed by atoms with van der Waals surface area (Å²) in [6.07, 6.45) is 16.8. The second-order valence-corrected chi connectivity index (χ2v) is 12.5. The molecule has 8 atom stereocenters. The average molecular weight is 391 g/mol. The van der Waals surface area contributed by atoms with Gasteiger partial charge in [-0.05, 0) is 125 Å². The predicted molar refractivity (Wildman–Crippen MR) is 116 cm³/mol. The summed E-state index contributed by atoms with van der Waals surface area (Å²) < 4.78 is 0. The summed E-state index contributed by atoms with van der Waals surface area (Å²) in [6.45, 7) is 9.15. The van der Waals surface area contributed by atoms with Gasteiger partial charge in [0.05, 0.1) is 11.7 Å². The van der Waals surface area contributed by atoms with Crippen molar-refractivity contribution in [2.45, 2.75) is 123 Å². The van der Waals surface area contributed by atoms with E-state index in [4.69, 9.17) is 0 Å². The molecule has 7 unspecified atom stereocenters. The lowest BCUT2D eigenvalue weighted by Crippen LogP contribution is -2.53. The Morgan fingerprint density at radius 3 is 2.32 bits per heavy atom. The summed E-state index contributed by atoms with van der Waals surface area (Å²) in [4.78, 5) is 0. The minimum Gasteiger partial charge on any atom is -0.393 e. The monoisotopic (exact) mass is 390 g/mol. The van der Waals surface area contributed by atoms with E-state index >= 15 is 0 Å². The molecule has 0 aromatic carbocycles. The van der Waals surface area contributed by atoms with Gasteiger partial charge in [0.15, 0.2) is 0 Å². The van der Waals surface area contributed by atoms with Gasteiger partial charge in [-0.25, -0.2) is 0 Å². The van der Waals surface area contributed by atoms with Crippen LogP contribution in [0.3, 0.4) is 0 Å². The van der Waals surface area contributed by atoms with Gasteiger partial charge in [-0.15, -0.1) is 0 Å². The molecule has 0 bridgehead atoms. The maximum atomic E-state index is 10.2. The highest BCUT2D eigenvalue weighted by atomic mass is 16.3. The van der Waals surface area contributed by atoms with Crippen LogP contribution in [0, 0.1) is 40.4 Å². The smallest absolute Gasteiger partial charge is 0.0591 e. The van der Waals surface area contributed by atoms with Crippen LogP contribution < -0.4 is 0 Å². The van der Waals surface area contributed by atoms with Gasteiger partial charge in [0, 0.05) is 0 Å². The summed E-state index contributed by atoms with van der Waals surface area (Å²) in [5.74, 6) is 4.53. The molecule has 0 aromatic heterocycles. The molecule has 0 amide bonds. The van der Waals surface area contributed by atoms with E-state index in [-0.39, 0.29) is 6.10 Å². The third-order valence-electron chi connectivity index (χ3n) is 10.4. The third-order valence-corrected chi connectivity index (χ3v) is 10.4. The van der Waals surface area contributed by atoms with Gasteiger partial charge >= 0.3 is 0 Å². The van der Waals surface area contributed by atoms with E-state index in [9.17, 15) is 10.2 Å². The maximum absolute atomic E-state index is 10.2. The van der Waals surface area contributed by atoms with Crippen molar-refractivity contribution in [2.24, 2.45) is 40.4 Å². The first-order valence-corrected chi connectivity index (χ1v) is 12.5. The van der Waals surface area contributed by atoms with Crippen molar-refractivity contribution in [1.29, 1.82) is 0 Å². The lowest BCUT2D eigenvalue weighted by atomic mass is 9.44. The highest BCUT2D eigenvalue weighted by Crippen LogP contribution is 2.67.